The molecular weight excluding hydrogens is 232 g/mol. The summed E-state index contributed by atoms with van der Waals surface area (Å²) >= 11 is 0. The second kappa shape index (κ2) is 5.09. The molecule has 0 fully saturated rings. The van der Waals surface area contributed by atoms with Gasteiger partial charge in [0, 0.05) is 5.56 Å². The Balaban J connectivity index is 3.05. The average Bonchev–Trinajstić information content (AvgIpc) is 2.25. The van der Waals surface area contributed by atoms with Crippen molar-refractivity contribution in [2.75, 3.05) is 5.06 Å². The monoisotopic (exact) mass is 242 g/mol. The molecule has 0 spiro atoms. The Morgan fingerprint density at radius 2 is 2.24 bits per heavy atom. The molecule has 0 aromatic heterocycles. The van der Waals surface area contributed by atoms with Crippen LogP contribution in [0.5, 0.6) is 0 Å². The lowest BCUT2D eigenvalue weighted by molar-refractivity contribution is -0.758. The number of hydrogen-bond donors (Lipinski definition) is 4. The number of benzene rings is 1. The Labute approximate surface area is 95.2 Å². The van der Waals surface area contributed by atoms with Gasteiger partial charge in [0.25, 0.3) is 0 Å². The molecule has 0 aliphatic heterocycles. The minimum Gasteiger partial charge on any atom is -0.368 e. The molecule has 0 atom stereocenters. The highest BCUT2D eigenvalue weighted by molar-refractivity contribution is 5.90. The third kappa shape index (κ3) is 3.29. The largest absolute Gasteiger partial charge is 0.368 e. The molecule has 0 unspecified atom stereocenters. The van der Waals surface area contributed by atoms with Gasteiger partial charge in [-0.1, -0.05) is 12.1 Å². The molecular formula is C8H10N4O5. The lowest BCUT2D eigenvalue weighted by Gasteiger charge is -2.19. The first-order valence-corrected chi connectivity index (χ1v) is 4.34. The van der Waals surface area contributed by atoms with E-state index in [2.05, 4.69) is 4.94 Å². The summed E-state index contributed by atoms with van der Waals surface area (Å²) in [6.07, 6.45) is -1.74. The van der Waals surface area contributed by atoms with Crippen molar-refractivity contribution < 1.29 is 20.2 Å². The van der Waals surface area contributed by atoms with Gasteiger partial charge in [-0.2, -0.15) is 4.94 Å². The normalized spacial score (nSPS) is 10.1. The third-order valence-electron chi connectivity index (χ3n) is 1.77. The van der Waals surface area contributed by atoms with Crippen molar-refractivity contribution in [1.82, 2.24) is 0 Å². The molecule has 92 valence electrons. The van der Waals surface area contributed by atoms with Crippen LogP contribution in [0.25, 0.3) is 0 Å². The maximum Gasteiger partial charge on any atom is 0.317 e. The van der Waals surface area contributed by atoms with Crippen LogP contribution in [0, 0.1) is 15.5 Å². The molecule has 1 aromatic carbocycles. The van der Waals surface area contributed by atoms with Crippen LogP contribution < -0.4 is 10.8 Å². The zero-order chi connectivity index (χ0) is 13.0. The number of hydrogen-bond acceptors (Lipinski definition) is 6. The number of nitrogens with two attached hydrogens (primary N) is 1. The van der Waals surface area contributed by atoms with Crippen molar-refractivity contribution in [1.29, 1.82) is 5.41 Å². The summed E-state index contributed by atoms with van der Waals surface area (Å²) in [5.74, 6) is -0.716. The van der Waals surface area contributed by atoms with Crippen molar-refractivity contribution >= 4 is 11.6 Å². The van der Waals surface area contributed by atoms with Crippen LogP contribution in [0.2, 0.25) is 0 Å². The van der Waals surface area contributed by atoms with Gasteiger partial charge >= 0.3 is 5.09 Å². The molecule has 1 aromatic rings. The number of aliphatic hydroxyl groups is 2. The highest BCUT2D eigenvalue weighted by Gasteiger charge is 2.15. The number of aliphatic hydroxyl groups excluding tert-OH is 1. The Morgan fingerprint density at radius 3 is 2.71 bits per heavy atom. The molecule has 0 saturated heterocycles. The van der Waals surface area contributed by atoms with Crippen molar-refractivity contribution in [2.24, 2.45) is 5.73 Å². The van der Waals surface area contributed by atoms with E-state index < -0.39 is 17.3 Å². The highest BCUT2D eigenvalue weighted by Crippen LogP contribution is 2.19. The van der Waals surface area contributed by atoms with Crippen molar-refractivity contribution in [2.45, 2.75) is 6.29 Å². The fraction of sp³-hybridized carbons (Fsp3) is 0.125. The van der Waals surface area contributed by atoms with E-state index in [1.54, 1.807) is 0 Å². The molecule has 0 saturated carbocycles. The van der Waals surface area contributed by atoms with Gasteiger partial charge in [-0.15, -0.1) is 15.2 Å². The Kier molecular flexibility index (Phi) is 3.80. The van der Waals surface area contributed by atoms with E-state index >= 15 is 0 Å². The molecule has 17 heavy (non-hydrogen) atoms. The van der Waals surface area contributed by atoms with Crippen LogP contribution in [0.3, 0.4) is 0 Å². The van der Waals surface area contributed by atoms with E-state index in [1.165, 1.54) is 24.3 Å². The first-order valence-electron chi connectivity index (χ1n) is 4.34. The number of nitrogens with zero attached hydrogens (tertiary/aromatic N) is 2. The molecule has 0 radical (unpaired) electrons. The number of rotatable bonds is 4. The minimum atomic E-state index is -1.74. The lowest BCUT2D eigenvalue weighted by Crippen LogP contribution is -2.38. The van der Waals surface area contributed by atoms with E-state index in [9.17, 15) is 10.1 Å². The number of nitrogens with one attached hydrogen (secondary N) is 1. The second-order valence-electron chi connectivity index (χ2n) is 2.95. The summed E-state index contributed by atoms with van der Waals surface area (Å²) in [7, 11) is 0. The molecule has 1 rings (SSSR count). The number of guanidine groups is 1. The van der Waals surface area contributed by atoms with Gasteiger partial charge in [0.15, 0.2) is 6.29 Å². The van der Waals surface area contributed by atoms with Gasteiger partial charge in [0.05, 0.1) is 5.69 Å². The maximum atomic E-state index is 10.2. The first-order chi connectivity index (χ1) is 7.91. The molecule has 0 amide bonds. The number of hydroxylamine groups is 1. The minimum absolute atomic E-state index is 0.0276. The van der Waals surface area contributed by atoms with Crippen molar-refractivity contribution in [3.8, 4) is 0 Å². The van der Waals surface area contributed by atoms with Gasteiger partial charge in [0.2, 0.25) is 5.96 Å². The fourth-order valence-corrected chi connectivity index (χ4v) is 1.11. The molecule has 0 bridgehead atoms. The molecule has 0 heterocycles. The topological polar surface area (TPSA) is 146 Å². The van der Waals surface area contributed by atoms with E-state index in [1.807, 2.05) is 0 Å². The molecule has 5 N–H and O–H groups in total. The second-order valence-corrected chi connectivity index (χ2v) is 2.95. The Morgan fingerprint density at radius 1 is 1.59 bits per heavy atom. The molecule has 0 aliphatic carbocycles. The quantitative estimate of drug-likeness (QED) is 0.183. The number of anilines is 1. The first kappa shape index (κ1) is 12.7. The zero-order valence-corrected chi connectivity index (χ0v) is 8.48. The average molecular weight is 242 g/mol. The lowest BCUT2D eigenvalue weighted by atomic mass is 10.2. The van der Waals surface area contributed by atoms with Gasteiger partial charge in [-0.3, -0.25) is 5.41 Å². The molecule has 9 heteroatoms. The smallest absolute Gasteiger partial charge is 0.317 e. The van der Waals surface area contributed by atoms with E-state index in [-0.39, 0.29) is 11.3 Å². The van der Waals surface area contributed by atoms with E-state index in [0.717, 1.165) is 0 Å². The highest BCUT2D eigenvalue weighted by atomic mass is 17.0. The summed E-state index contributed by atoms with van der Waals surface area (Å²) in [5, 5.41) is 34.5. The maximum absolute atomic E-state index is 10.2. The van der Waals surface area contributed by atoms with Crippen LogP contribution in [0.4, 0.5) is 5.69 Å². The summed E-state index contributed by atoms with van der Waals surface area (Å²) in [6, 6.07) is 5.34. The van der Waals surface area contributed by atoms with E-state index in [0.29, 0.717) is 5.06 Å². The third-order valence-corrected chi connectivity index (χ3v) is 1.77. The van der Waals surface area contributed by atoms with E-state index in [4.69, 9.17) is 21.4 Å². The van der Waals surface area contributed by atoms with Crippen molar-refractivity contribution in [3.63, 3.8) is 0 Å². The standard InChI is InChI=1S/C8H10N4O5/c9-8(10)11(17-12(15)16)6-3-1-2-5(4-6)7(13)14/h1-4,7,13-14H,(H3,9,10). The van der Waals surface area contributed by atoms with Gasteiger partial charge in [-0.25, -0.2) is 0 Å². The Bertz CT molecular complexity index is 436. The molecule has 0 aliphatic rings. The van der Waals surface area contributed by atoms with Crippen LogP contribution in [-0.2, 0) is 4.94 Å². The summed E-state index contributed by atoms with van der Waals surface area (Å²) in [4.78, 5) is 14.3. The van der Waals surface area contributed by atoms with Crippen LogP contribution in [-0.4, -0.2) is 21.3 Å². The Hall–Kier alpha value is -2.39. The summed E-state index contributed by atoms with van der Waals surface area (Å²) in [6.45, 7) is 0. The summed E-state index contributed by atoms with van der Waals surface area (Å²) < 4.78 is 0. The predicted molar refractivity (Wildman–Crippen MR) is 56.1 cm³/mol. The van der Waals surface area contributed by atoms with Crippen LogP contribution in [0.1, 0.15) is 11.9 Å². The SMILES string of the molecule is N=C(N)N(O[N+](=O)[O-])c1cccc(C(O)O)c1. The van der Waals surface area contributed by atoms with Gasteiger partial charge in [0.1, 0.15) is 0 Å². The summed E-state index contributed by atoms with van der Waals surface area (Å²) in [5.41, 5.74) is 5.21. The predicted octanol–water partition coefficient (Wildman–Crippen LogP) is -0.507. The van der Waals surface area contributed by atoms with Crippen molar-refractivity contribution in [3.05, 3.63) is 39.9 Å². The fourth-order valence-electron chi connectivity index (χ4n) is 1.11. The van der Waals surface area contributed by atoms with Gasteiger partial charge < -0.3 is 15.9 Å². The zero-order valence-electron chi connectivity index (χ0n) is 8.48. The van der Waals surface area contributed by atoms with Crippen LogP contribution >= 0.6 is 0 Å². The van der Waals surface area contributed by atoms with Gasteiger partial charge in [-0.05, 0) is 12.1 Å². The van der Waals surface area contributed by atoms with Crippen LogP contribution in [0.15, 0.2) is 24.3 Å². The molecule has 9 nitrogen and oxygen atoms in total.